The fourth-order valence-electron chi connectivity index (χ4n) is 2.22. The van der Waals surface area contributed by atoms with Gasteiger partial charge in [-0.15, -0.1) is 0 Å². The molecule has 0 aliphatic carbocycles. The fraction of sp³-hybridized carbons (Fsp3) is 0.0667. The quantitative estimate of drug-likeness (QED) is 0.685. The molecule has 3 aromatic rings. The maximum Gasteiger partial charge on any atom is 0.366 e. The summed E-state index contributed by atoms with van der Waals surface area (Å²) in [5, 5.41) is 0.506. The Morgan fingerprint density at radius 1 is 1.26 bits per heavy atom. The molecule has 0 aliphatic rings. The number of carbonyl (C=O) groups is 2. The lowest BCUT2D eigenvalue weighted by molar-refractivity contribution is 0.0479. The number of aromatic nitrogens is 3. The van der Waals surface area contributed by atoms with Crippen molar-refractivity contribution in [2.75, 3.05) is 5.73 Å². The molecule has 0 fully saturated rings. The first-order valence-electron chi connectivity index (χ1n) is 6.67. The molecule has 0 saturated carbocycles. The lowest BCUT2D eigenvalue weighted by atomic mass is 10.1. The van der Waals surface area contributed by atoms with Crippen LogP contribution < -0.4 is 16.3 Å². The molecule has 0 bridgehead atoms. The summed E-state index contributed by atoms with van der Waals surface area (Å²) in [7, 11) is 0. The molecule has 1 aromatic carbocycles. The van der Waals surface area contributed by atoms with Crippen molar-refractivity contribution in [1.82, 2.24) is 14.7 Å². The van der Waals surface area contributed by atoms with Gasteiger partial charge in [0.25, 0.3) is 5.91 Å². The van der Waals surface area contributed by atoms with Gasteiger partial charge < -0.3 is 16.3 Å². The van der Waals surface area contributed by atoms with Gasteiger partial charge in [0.05, 0.1) is 23.0 Å². The van der Waals surface area contributed by atoms with Crippen molar-refractivity contribution < 1.29 is 14.4 Å². The summed E-state index contributed by atoms with van der Waals surface area (Å²) in [6.07, 6.45) is 4.05. The SMILES string of the molecule is Cc1ncncc1C(=O)On1cc(C(N)=O)c2cc(N)ccc21. The molecule has 0 spiro atoms. The predicted molar refractivity (Wildman–Crippen MR) is 82.5 cm³/mol. The van der Waals surface area contributed by atoms with Crippen LogP contribution in [-0.2, 0) is 0 Å². The van der Waals surface area contributed by atoms with E-state index in [0.717, 1.165) is 0 Å². The van der Waals surface area contributed by atoms with E-state index in [9.17, 15) is 9.59 Å². The maximum atomic E-state index is 12.3. The van der Waals surface area contributed by atoms with Crippen molar-refractivity contribution in [3.8, 4) is 0 Å². The molecule has 116 valence electrons. The molecule has 0 radical (unpaired) electrons. The number of amides is 1. The molecule has 2 heterocycles. The van der Waals surface area contributed by atoms with Gasteiger partial charge in [0.1, 0.15) is 11.9 Å². The fourth-order valence-corrected chi connectivity index (χ4v) is 2.22. The average Bonchev–Trinajstić information content (AvgIpc) is 2.85. The van der Waals surface area contributed by atoms with Gasteiger partial charge in [-0.3, -0.25) is 4.79 Å². The smallest absolute Gasteiger partial charge is 0.366 e. The molecule has 8 nitrogen and oxygen atoms in total. The van der Waals surface area contributed by atoms with E-state index < -0.39 is 11.9 Å². The second-order valence-corrected chi connectivity index (χ2v) is 4.91. The highest BCUT2D eigenvalue weighted by Crippen LogP contribution is 2.23. The van der Waals surface area contributed by atoms with Crippen LogP contribution in [0, 0.1) is 6.92 Å². The van der Waals surface area contributed by atoms with Crippen molar-refractivity contribution in [2.24, 2.45) is 5.73 Å². The zero-order chi connectivity index (χ0) is 16.6. The van der Waals surface area contributed by atoms with Gasteiger partial charge in [-0.2, -0.15) is 4.73 Å². The summed E-state index contributed by atoms with van der Waals surface area (Å²) in [6.45, 7) is 1.67. The first kappa shape index (κ1) is 14.5. The minimum Gasteiger partial charge on any atom is -0.399 e. The first-order chi connectivity index (χ1) is 11.0. The van der Waals surface area contributed by atoms with Crippen LogP contribution in [-0.4, -0.2) is 26.6 Å². The number of aryl methyl sites for hydroxylation is 1. The summed E-state index contributed by atoms with van der Waals surface area (Å²) in [5.41, 5.74) is 13.0. The Hall–Kier alpha value is -3.42. The molecule has 3 rings (SSSR count). The molecule has 2 aromatic heterocycles. The van der Waals surface area contributed by atoms with E-state index in [1.54, 1.807) is 25.1 Å². The van der Waals surface area contributed by atoms with Crippen LogP contribution in [0.25, 0.3) is 10.9 Å². The van der Waals surface area contributed by atoms with E-state index in [4.69, 9.17) is 16.3 Å². The van der Waals surface area contributed by atoms with Gasteiger partial charge in [-0.25, -0.2) is 14.8 Å². The maximum absolute atomic E-state index is 12.3. The van der Waals surface area contributed by atoms with Crippen LogP contribution in [0.15, 0.2) is 36.9 Å². The number of primary amides is 1. The van der Waals surface area contributed by atoms with Gasteiger partial charge in [-0.1, -0.05) is 0 Å². The molecule has 23 heavy (non-hydrogen) atoms. The summed E-state index contributed by atoms with van der Waals surface area (Å²) in [4.78, 5) is 36.9. The molecule has 0 unspecified atom stereocenters. The molecular formula is C15H13N5O3. The molecule has 0 aliphatic heterocycles. The topological polar surface area (TPSA) is 126 Å². The van der Waals surface area contributed by atoms with Crippen LogP contribution in [0.1, 0.15) is 26.4 Å². The molecule has 1 amide bonds. The minimum atomic E-state index is -0.646. The van der Waals surface area contributed by atoms with Crippen molar-refractivity contribution in [1.29, 1.82) is 0 Å². The Morgan fingerprint density at radius 2 is 2.04 bits per heavy atom. The van der Waals surface area contributed by atoms with Crippen molar-refractivity contribution >= 4 is 28.5 Å². The van der Waals surface area contributed by atoms with Gasteiger partial charge >= 0.3 is 5.97 Å². The van der Waals surface area contributed by atoms with Gasteiger partial charge in [0.2, 0.25) is 0 Å². The van der Waals surface area contributed by atoms with E-state index in [1.165, 1.54) is 23.5 Å². The zero-order valence-corrected chi connectivity index (χ0v) is 12.2. The Balaban J connectivity index is 2.05. The Labute approximate surface area is 130 Å². The number of nitrogens with zero attached hydrogens (tertiary/aromatic N) is 3. The van der Waals surface area contributed by atoms with Gasteiger partial charge in [0.15, 0.2) is 0 Å². The third-order valence-electron chi connectivity index (χ3n) is 3.37. The lowest BCUT2D eigenvalue weighted by Gasteiger charge is -2.07. The number of carbonyl (C=O) groups excluding carboxylic acids is 2. The van der Waals surface area contributed by atoms with Crippen LogP contribution in [0.3, 0.4) is 0 Å². The van der Waals surface area contributed by atoms with Gasteiger partial charge in [-0.05, 0) is 25.1 Å². The van der Waals surface area contributed by atoms with E-state index in [1.807, 2.05) is 0 Å². The summed E-state index contributed by atoms with van der Waals surface area (Å²) in [6, 6.07) is 4.86. The predicted octanol–water partition coefficient (Wildman–Crippen LogP) is 0.690. The molecule has 0 atom stereocenters. The van der Waals surface area contributed by atoms with Gasteiger partial charge in [0, 0.05) is 17.3 Å². The summed E-state index contributed by atoms with van der Waals surface area (Å²) >= 11 is 0. The molecule has 0 saturated heterocycles. The Bertz CT molecular complexity index is 932. The molecular weight excluding hydrogens is 298 g/mol. The number of hydrogen-bond acceptors (Lipinski definition) is 6. The van der Waals surface area contributed by atoms with Crippen molar-refractivity contribution in [3.05, 3.63) is 53.7 Å². The number of rotatable bonds is 3. The highest BCUT2D eigenvalue weighted by molar-refractivity contribution is 6.07. The highest BCUT2D eigenvalue weighted by Gasteiger charge is 2.18. The van der Waals surface area contributed by atoms with Crippen LogP contribution in [0.4, 0.5) is 5.69 Å². The molecule has 8 heteroatoms. The Morgan fingerprint density at radius 3 is 2.74 bits per heavy atom. The number of anilines is 1. The lowest BCUT2D eigenvalue weighted by Crippen LogP contribution is -2.20. The first-order valence-corrected chi connectivity index (χ1v) is 6.67. The summed E-state index contributed by atoms with van der Waals surface area (Å²) in [5.74, 6) is -1.29. The number of benzene rings is 1. The number of nitrogen functional groups attached to an aromatic ring is 1. The third-order valence-corrected chi connectivity index (χ3v) is 3.37. The van der Waals surface area contributed by atoms with E-state index in [2.05, 4.69) is 9.97 Å². The normalized spacial score (nSPS) is 10.7. The van der Waals surface area contributed by atoms with Crippen molar-refractivity contribution in [2.45, 2.75) is 6.92 Å². The summed E-state index contributed by atoms with van der Waals surface area (Å²) < 4.78 is 1.18. The monoisotopic (exact) mass is 311 g/mol. The number of nitrogens with two attached hydrogens (primary N) is 2. The largest absolute Gasteiger partial charge is 0.399 e. The Kier molecular flexibility index (Phi) is 3.41. The molecule has 4 N–H and O–H groups in total. The zero-order valence-electron chi connectivity index (χ0n) is 12.2. The van der Waals surface area contributed by atoms with E-state index >= 15 is 0 Å². The highest BCUT2D eigenvalue weighted by atomic mass is 16.7. The van der Waals surface area contributed by atoms with Crippen LogP contribution >= 0.6 is 0 Å². The number of hydrogen-bond donors (Lipinski definition) is 2. The van der Waals surface area contributed by atoms with E-state index in [0.29, 0.717) is 22.3 Å². The third kappa shape index (κ3) is 2.57. The van der Waals surface area contributed by atoms with Crippen LogP contribution in [0.5, 0.6) is 0 Å². The standard InChI is InChI=1S/C15H13N5O3/c1-8-11(5-18-7-19-8)15(22)23-20-6-12(14(17)21)10-4-9(16)2-3-13(10)20/h2-7H,16H2,1H3,(H2,17,21). The van der Waals surface area contributed by atoms with E-state index in [-0.39, 0.29) is 11.1 Å². The second kappa shape index (κ2) is 5.41. The number of fused-ring (bicyclic) bond motifs is 1. The second-order valence-electron chi connectivity index (χ2n) is 4.91. The minimum absolute atomic E-state index is 0.209. The van der Waals surface area contributed by atoms with Crippen LogP contribution in [0.2, 0.25) is 0 Å². The average molecular weight is 311 g/mol. The van der Waals surface area contributed by atoms with Crippen molar-refractivity contribution in [3.63, 3.8) is 0 Å².